The summed E-state index contributed by atoms with van der Waals surface area (Å²) in [6, 6.07) is 80.4. The lowest BCUT2D eigenvalue weighted by Gasteiger charge is -2.23. The fourth-order valence-corrected chi connectivity index (χ4v) is 9.19. The van der Waals surface area contributed by atoms with Gasteiger partial charge >= 0.3 is 0 Å². The summed E-state index contributed by atoms with van der Waals surface area (Å²) in [5.41, 5.74) is 12.4. The van der Waals surface area contributed by atoms with Gasteiger partial charge in [-0.15, -0.1) is 0 Å². The third kappa shape index (κ3) is 5.15. The third-order valence-corrected chi connectivity index (χ3v) is 11.7. The number of benzene rings is 11. The zero-order chi connectivity index (χ0) is 37.0. The predicted octanol–water partition coefficient (Wildman–Crippen LogP) is 15.8. The predicted molar refractivity (Wildman–Crippen MR) is 241 cm³/mol. The SMILES string of the molecule is c1ccc(-c2c3ccccc3c(-c3cccc4ccccc34)c3cccc(-c4ccc(-c5cccc6ccccc56)cc4)c23)c(-c2cccc3ccccc23)c1. The maximum absolute atomic E-state index is 2.34. The average Bonchev–Trinajstić information content (AvgIpc) is 3.27. The standard InChI is InChI=1S/C56H36/c1-4-21-42-37(15-1)18-11-28-43(42)40-33-35-41(36-34-40)46-29-14-32-53-54(49-31-13-20-39-17-3-6-23-45(39)49)51-26-9-10-27-52(51)56(55(46)53)50-25-8-7-24-48(50)47-30-12-19-38-16-2-5-22-44(38)47/h1-36H. The van der Waals surface area contributed by atoms with E-state index in [1.807, 2.05) is 0 Å². The fourth-order valence-electron chi connectivity index (χ4n) is 9.19. The summed E-state index contributed by atoms with van der Waals surface area (Å²) in [6.45, 7) is 0. The van der Waals surface area contributed by atoms with Crippen molar-refractivity contribution in [3.8, 4) is 55.6 Å². The van der Waals surface area contributed by atoms with Gasteiger partial charge < -0.3 is 0 Å². The van der Waals surface area contributed by atoms with Crippen molar-refractivity contribution in [3.05, 3.63) is 218 Å². The van der Waals surface area contributed by atoms with Gasteiger partial charge in [-0.25, -0.2) is 0 Å². The van der Waals surface area contributed by atoms with Crippen LogP contribution in [0, 0.1) is 0 Å². The van der Waals surface area contributed by atoms with Crippen LogP contribution < -0.4 is 0 Å². The summed E-state index contributed by atoms with van der Waals surface area (Å²) < 4.78 is 0. The van der Waals surface area contributed by atoms with Crippen molar-refractivity contribution >= 4 is 53.9 Å². The van der Waals surface area contributed by atoms with Gasteiger partial charge in [-0.05, 0) is 109 Å². The van der Waals surface area contributed by atoms with E-state index in [9.17, 15) is 0 Å². The van der Waals surface area contributed by atoms with E-state index in [4.69, 9.17) is 0 Å². The van der Waals surface area contributed by atoms with Crippen LogP contribution >= 0.6 is 0 Å². The molecule has 11 aromatic rings. The van der Waals surface area contributed by atoms with Crippen LogP contribution in [0.4, 0.5) is 0 Å². The monoisotopic (exact) mass is 708 g/mol. The van der Waals surface area contributed by atoms with Gasteiger partial charge in [-0.3, -0.25) is 0 Å². The Morgan fingerprint density at radius 2 is 0.536 bits per heavy atom. The molecule has 0 aromatic heterocycles. The number of rotatable bonds is 5. The average molecular weight is 709 g/mol. The minimum atomic E-state index is 1.20. The van der Waals surface area contributed by atoms with Crippen LogP contribution in [0.2, 0.25) is 0 Å². The molecule has 0 saturated heterocycles. The molecule has 0 aliphatic heterocycles. The van der Waals surface area contributed by atoms with Crippen LogP contribution in [0.25, 0.3) is 109 Å². The lowest BCUT2D eigenvalue weighted by Crippen LogP contribution is -1.95. The van der Waals surface area contributed by atoms with Crippen LogP contribution in [0.3, 0.4) is 0 Å². The summed E-state index contributed by atoms with van der Waals surface area (Å²) >= 11 is 0. The summed E-state index contributed by atoms with van der Waals surface area (Å²) in [5, 5.41) is 12.5. The molecule has 0 amide bonds. The van der Waals surface area contributed by atoms with E-state index in [1.165, 1.54) is 109 Å². The molecule has 11 rings (SSSR count). The lowest BCUT2D eigenvalue weighted by molar-refractivity contribution is 1.61. The van der Waals surface area contributed by atoms with E-state index in [-0.39, 0.29) is 0 Å². The maximum Gasteiger partial charge on any atom is -0.00139 e. The topological polar surface area (TPSA) is 0 Å². The first-order valence-corrected chi connectivity index (χ1v) is 19.4. The molecule has 56 heavy (non-hydrogen) atoms. The molecule has 0 bridgehead atoms. The molecule has 0 saturated carbocycles. The summed E-state index contributed by atoms with van der Waals surface area (Å²) in [4.78, 5) is 0. The van der Waals surface area contributed by atoms with Crippen molar-refractivity contribution in [1.82, 2.24) is 0 Å². The highest BCUT2D eigenvalue weighted by Crippen LogP contribution is 2.50. The summed E-state index contributed by atoms with van der Waals surface area (Å²) in [6.07, 6.45) is 0. The van der Waals surface area contributed by atoms with Crippen LogP contribution in [-0.4, -0.2) is 0 Å². The Kier molecular flexibility index (Phi) is 7.60. The Bertz CT molecular complexity index is 3280. The smallest absolute Gasteiger partial charge is 0.00139 e. The van der Waals surface area contributed by atoms with Crippen molar-refractivity contribution in [1.29, 1.82) is 0 Å². The summed E-state index contributed by atoms with van der Waals surface area (Å²) in [7, 11) is 0. The maximum atomic E-state index is 2.34. The van der Waals surface area contributed by atoms with Crippen LogP contribution in [0.15, 0.2) is 218 Å². The number of fused-ring (bicyclic) bond motifs is 5. The minimum Gasteiger partial charge on any atom is -0.0616 e. The molecular weight excluding hydrogens is 673 g/mol. The van der Waals surface area contributed by atoms with Crippen molar-refractivity contribution < 1.29 is 0 Å². The highest BCUT2D eigenvalue weighted by Gasteiger charge is 2.23. The Hall–Kier alpha value is -7.28. The molecular formula is C56H36. The molecule has 0 heterocycles. The lowest BCUT2D eigenvalue weighted by atomic mass is 9.80. The van der Waals surface area contributed by atoms with E-state index < -0.39 is 0 Å². The van der Waals surface area contributed by atoms with Gasteiger partial charge in [0.15, 0.2) is 0 Å². The number of hydrogen-bond acceptors (Lipinski definition) is 0. The highest BCUT2D eigenvalue weighted by atomic mass is 14.3. The first kappa shape index (κ1) is 32.2. The minimum absolute atomic E-state index is 1.20. The van der Waals surface area contributed by atoms with Gasteiger partial charge in [0.1, 0.15) is 0 Å². The molecule has 0 fully saturated rings. The van der Waals surface area contributed by atoms with Crippen molar-refractivity contribution in [3.63, 3.8) is 0 Å². The second kappa shape index (κ2) is 13.2. The first-order valence-electron chi connectivity index (χ1n) is 19.4. The van der Waals surface area contributed by atoms with E-state index in [2.05, 4.69) is 218 Å². The van der Waals surface area contributed by atoms with Gasteiger partial charge in [0, 0.05) is 0 Å². The number of hydrogen-bond donors (Lipinski definition) is 0. The van der Waals surface area contributed by atoms with E-state index >= 15 is 0 Å². The molecule has 0 N–H and O–H groups in total. The van der Waals surface area contributed by atoms with Crippen molar-refractivity contribution in [2.75, 3.05) is 0 Å². The zero-order valence-electron chi connectivity index (χ0n) is 30.8. The van der Waals surface area contributed by atoms with Gasteiger partial charge in [-0.1, -0.05) is 218 Å². The largest absolute Gasteiger partial charge is 0.0616 e. The molecule has 11 aromatic carbocycles. The van der Waals surface area contributed by atoms with E-state index in [0.29, 0.717) is 0 Å². The van der Waals surface area contributed by atoms with Crippen molar-refractivity contribution in [2.24, 2.45) is 0 Å². The molecule has 0 aliphatic rings. The van der Waals surface area contributed by atoms with Gasteiger partial charge in [0.05, 0.1) is 0 Å². The second-order valence-electron chi connectivity index (χ2n) is 14.7. The first-order chi connectivity index (χ1) is 27.8. The van der Waals surface area contributed by atoms with Gasteiger partial charge in [-0.2, -0.15) is 0 Å². The van der Waals surface area contributed by atoms with Crippen LogP contribution in [0.1, 0.15) is 0 Å². The highest BCUT2D eigenvalue weighted by molar-refractivity contribution is 6.27. The Balaban J connectivity index is 1.25. The molecule has 0 radical (unpaired) electrons. The molecule has 0 spiro atoms. The van der Waals surface area contributed by atoms with Gasteiger partial charge in [0.25, 0.3) is 0 Å². The quantitative estimate of drug-likeness (QED) is 0.156. The fraction of sp³-hybridized carbons (Fsp3) is 0. The Labute approximate surface area is 326 Å². The molecule has 260 valence electrons. The Morgan fingerprint density at radius 3 is 1.16 bits per heavy atom. The van der Waals surface area contributed by atoms with Crippen LogP contribution in [-0.2, 0) is 0 Å². The molecule has 0 nitrogen and oxygen atoms in total. The van der Waals surface area contributed by atoms with Crippen molar-refractivity contribution in [2.45, 2.75) is 0 Å². The van der Waals surface area contributed by atoms with Crippen LogP contribution in [0.5, 0.6) is 0 Å². The molecule has 0 aliphatic carbocycles. The zero-order valence-corrected chi connectivity index (χ0v) is 30.8. The normalized spacial score (nSPS) is 11.6. The van der Waals surface area contributed by atoms with E-state index in [0.717, 1.165) is 0 Å². The molecule has 0 atom stereocenters. The molecule has 0 unspecified atom stereocenters. The Morgan fingerprint density at radius 1 is 0.179 bits per heavy atom. The van der Waals surface area contributed by atoms with E-state index in [1.54, 1.807) is 0 Å². The third-order valence-electron chi connectivity index (χ3n) is 11.7. The summed E-state index contributed by atoms with van der Waals surface area (Å²) in [5.74, 6) is 0. The molecule has 0 heteroatoms. The van der Waals surface area contributed by atoms with Gasteiger partial charge in [0.2, 0.25) is 0 Å². The second-order valence-corrected chi connectivity index (χ2v) is 14.7.